The van der Waals surface area contributed by atoms with Gasteiger partial charge >= 0.3 is 0 Å². The van der Waals surface area contributed by atoms with Gasteiger partial charge in [0.05, 0.1) is 5.56 Å². The van der Waals surface area contributed by atoms with Gasteiger partial charge in [-0.05, 0) is 29.3 Å². The van der Waals surface area contributed by atoms with Crippen molar-refractivity contribution in [1.29, 1.82) is 0 Å². The number of rotatable bonds is 3. The molecule has 3 aromatic rings. The molecule has 2 aromatic carbocycles. The smallest absolute Gasteiger partial charge is 0.253 e. The van der Waals surface area contributed by atoms with E-state index in [4.69, 9.17) is 5.73 Å². The first-order chi connectivity index (χ1) is 10.1. The molecule has 1 heterocycles. The SMILES string of the molecule is CNc1[nH]c2cc(-c3cccc(O)c3)ccc2c1C(N)=O. The number of phenolic OH excluding ortho intramolecular Hbond substituents is 1. The van der Waals surface area contributed by atoms with Crippen LogP contribution in [0.2, 0.25) is 0 Å². The fourth-order valence-corrected chi connectivity index (χ4v) is 2.51. The lowest BCUT2D eigenvalue weighted by atomic mass is 10.0. The summed E-state index contributed by atoms with van der Waals surface area (Å²) in [6.07, 6.45) is 0. The quantitative estimate of drug-likeness (QED) is 0.595. The number of carbonyl (C=O) groups excluding carboxylic acids is 1. The Balaban J connectivity index is 2.19. The first kappa shape index (κ1) is 13.1. The molecule has 0 atom stereocenters. The van der Waals surface area contributed by atoms with Crippen molar-refractivity contribution >= 4 is 22.6 Å². The molecule has 0 saturated carbocycles. The average molecular weight is 281 g/mol. The molecule has 0 spiro atoms. The summed E-state index contributed by atoms with van der Waals surface area (Å²) < 4.78 is 0. The Morgan fingerprint density at radius 3 is 2.62 bits per heavy atom. The Morgan fingerprint density at radius 1 is 1.19 bits per heavy atom. The Bertz CT molecular complexity index is 837. The normalized spacial score (nSPS) is 10.7. The molecule has 0 bridgehead atoms. The van der Waals surface area contributed by atoms with E-state index < -0.39 is 5.91 Å². The predicted octanol–water partition coefficient (Wildman–Crippen LogP) is 2.68. The molecule has 1 aromatic heterocycles. The number of phenols is 1. The number of carbonyl (C=O) groups is 1. The Labute approximate surface area is 121 Å². The van der Waals surface area contributed by atoms with Gasteiger partial charge in [0.1, 0.15) is 11.6 Å². The van der Waals surface area contributed by atoms with Crippen LogP contribution in [0.3, 0.4) is 0 Å². The minimum atomic E-state index is -0.476. The molecule has 0 aliphatic rings. The van der Waals surface area contributed by atoms with E-state index in [9.17, 15) is 9.90 Å². The number of aromatic hydroxyl groups is 1. The van der Waals surface area contributed by atoms with Gasteiger partial charge in [0.2, 0.25) is 0 Å². The van der Waals surface area contributed by atoms with Gasteiger partial charge < -0.3 is 21.1 Å². The summed E-state index contributed by atoms with van der Waals surface area (Å²) in [4.78, 5) is 14.7. The van der Waals surface area contributed by atoms with Crippen LogP contribution in [0.15, 0.2) is 42.5 Å². The maximum absolute atomic E-state index is 11.6. The van der Waals surface area contributed by atoms with Crippen LogP contribution in [-0.4, -0.2) is 23.0 Å². The molecule has 0 radical (unpaired) electrons. The van der Waals surface area contributed by atoms with E-state index >= 15 is 0 Å². The third-order valence-corrected chi connectivity index (χ3v) is 3.47. The van der Waals surface area contributed by atoms with Gasteiger partial charge in [0, 0.05) is 18.0 Å². The number of aromatic nitrogens is 1. The highest BCUT2D eigenvalue weighted by molar-refractivity contribution is 6.11. The molecule has 3 rings (SSSR count). The first-order valence-electron chi connectivity index (χ1n) is 6.53. The number of benzene rings is 2. The maximum atomic E-state index is 11.6. The number of hydrogen-bond donors (Lipinski definition) is 4. The second kappa shape index (κ2) is 4.86. The zero-order chi connectivity index (χ0) is 15.0. The largest absolute Gasteiger partial charge is 0.508 e. The lowest BCUT2D eigenvalue weighted by molar-refractivity contribution is 0.100. The molecule has 0 aliphatic heterocycles. The second-order valence-corrected chi connectivity index (χ2v) is 4.80. The second-order valence-electron chi connectivity index (χ2n) is 4.80. The van der Waals surface area contributed by atoms with E-state index in [1.165, 1.54) is 0 Å². The average Bonchev–Trinajstić information content (AvgIpc) is 2.84. The zero-order valence-corrected chi connectivity index (χ0v) is 11.5. The standard InChI is InChI=1S/C16H15N3O2/c1-18-16-14(15(17)21)12-6-5-10(8-13(12)19-16)9-3-2-4-11(20)7-9/h2-8,18-20H,1H3,(H2,17,21). The van der Waals surface area contributed by atoms with Gasteiger partial charge in [-0.1, -0.05) is 24.3 Å². The molecular formula is C16H15N3O2. The summed E-state index contributed by atoms with van der Waals surface area (Å²) in [5.74, 6) is 0.342. The van der Waals surface area contributed by atoms with Gasteiger partial charge in [-0.15, -0.1) is 0 Å². The predicted molar refractivity (Wildman–Crippen MR) is 83.5 cm³/mol. The van der Waals surface area contributed by atoms with Gasteiger partial charge in [-0.25, -0.2) is 0 Å². The number of anilines is 1. The van der Waals surface area contributed by atoms with Crippen molar-refractivity contribution in [2.75, 3.05) is 12.4 Å². The Kier molecular flexibility index (Phi) is 3.02. The van der Waals surface area contributed by atoms with Gasteiger partial charge in [0.15, 0.2) is 0 Å². The summed E-state index contributed by atoms with van der Waals surface area (Å²) in [5.41, 5.74) is 8.55. The molecule has 0 saturated heterocycles. The van der Waals surface area contributed by atoms with E-state index in [-0.39, 0.29) is 5.75 Å². The van der Waals surface area contributed by atoms with Crippen LogP contribution in [0.25, 0.3) is 22.0 Å². The van der Waals surface area contributed by atoms with E-state index in [0.717, 1.165) is 22.0 Å². The van der Waals surface area contributed by atoms with Gasteiger partial charge in [0.25, 0.3) is 5.91 Å². The fraction of sp³-hybridized carbons (Fsp3) is 0.0625. The van der Waals surface area contributed by atoms with Crippen molar-refractivity contribution in [1.82, 2.24) is 4.98 Å². The van der Waals surface area contributed by atoms with E-state index in [2.05, 4.69) is 10.3 Å². The van der Waals surface area contributed by atoms with Crippen molar-refractivity contribution in [2.45, 2.75) is 0 Å². The lowest BCUT2D eigenvalue weighted by Crippen LogP contribution is -2.12. The van der Waals surface area contributed by atoms with Crippen LogP contribution in [0.1, 0.15) is 10.4 Å². The highest BCUT2D eigenvalue weighted by Gasteiger charge is 2.15. The molecule has 1 amide bonds. The van der Waals surface area contributed by atoms with Crippen LogP contribution in [-0.2, 0) is 0 Å². The number of nitrogens with one attached hydrogen (secondary N) is 2. The number of primary amides is 1. The van der Waals surface area contributed by atoms with Crippen molar-refractivity contribution in [3.05, 3.63) is 48.0 Å². The van der Waals surface area contributed by atoms with E-state index in [1.807, 2.05) is 24.3 Å². The first-order valence-corrected chi connectivity index (χ1v) is 6.53. The van der Waals surface area contributed by atoms with Crippen LogP contribution < -0.4 is 11.1 Å². The third kappa shape index (κ3) is 2.18. The molecule has 0 unspecified atom stereocenters. The topological polar surface area (TPSA) is 91.1 Å². The van der Waals surface area contributed by atoms with Gasteiger partial charge in [-0.3, -0.25) is 4.79 Å². The van der Waals surface area contributed by atoms with Crippen LogP contribution >= 0.6 is 0 Å². The molecule has 106 valence electrons. The maximum Gasteiger partial charge on any atom is 0.253 e. The molecule has 0 aliphatic carbocycles. The molecule has 5 heteroatoms. The highest BCUT2D eigenvalue weighted by Crippen LogP contribution is 2.31. The zero-order valence-electron chi connectivity index (χ0n) is 11.5. The minimum Gasteiger partial charge on any atom is -0.508 e. The molecular weight excluding hydrogens is 266 g/mol. The summed E-state index contributed by atoms with van der Waals surface area (Å²) >= 11 is 0. The summed E-state index contributed by atoms with van der Waals surface area (Å²) in [5, 5.41) is 13.3. The monoisotopic (exact) mass is 281 g/mol. The van der Waals surface area contributed by atoms with Crippen molar-refractivity contribution in [3.63, 3.8) is 0 Å². The van der Waals surface area contributed by atoms with E-state index in [0.29, 0.717) is 11.4 Å². The molecule has 0 fully saturated rings. The van der Waals surface area contributed by atoms with Crippen molar-refractivity contribution in [2.24, 2.45) is 5.73 Å². The lowest BCUT2D eigenvalue weighted by Gasteiger charge is -2.03. The summed E-state index contributed by atoms with van der Waals surface area (Å²) in [6, 6.07) is 12.7. The summed E-state index contributed by atoms with van der Waals surface area (Å²) in [6.45, 7) is 0. The van der Waals surface area contributed by atoms with Crippen molar-refractivity contribution in [3.8, 4) is 16.9 Å². The molecule has 21 heavy (non-hydrogen) atoms. The molecule has 5 nitrogen and oxygen atoms in total. The third-order valence-electron chi connectivity index (χ3n) is 3.47. The van der Waals surface area contributed by atoms with Crippen LogP contribution in [0.5, 0.6) is 5.75 Å². The summed E-state index contributed by atoms with van der Waals surface area (Å²) in [7, 11) is 1.73. The number of H-pyrrole nitrogens is 1. The van der Waals surface area contributed by atoms with E-state index in [1.54, 1.807) is 25.2 Å². The van der Waals surface area contributed by atoms with Crippen LogP contribution in [0.4, 0.5) is 5.82 Å². The number of nitrogens with two attached hydrogens (primary N) is 1. The Morgan fingerprint density at radius 2 is 1.95 bits per heavy atom. The van der Waals surface area contributed by atoms with Gasteiger partial charge in [-0.2, -0.15) is 0 Å². The molecule has 5 N–H and O–H groups in total. The van der Waals surface area contributed by atoms with Crippen LogP contribution in [0, 0.1) is 0 Å². The number of hydrogen-bond acceptors (Lipinski definition) is 3. The van der Waals surface area contributed by atoms with Crippen molar-refractivity contribution < 1.29 is 9.90 Å². The number of amides is 1. The highest BCUT2D eigenvalue weighted by atomic mass is 16.3. The Hall–Kier alpha value is -2.95. The number of fused-ring (bicyclic) bond motifs is 1. The number of aromatic amines is 1. The minimum absolute atomic E-state index is 0.216. The fourth-order valence-electron chi connectivity index (χ4n) is 2.51.